The molecule has 1 aromatic heterocycles. The van der Waals surface area contributed by atoms with Crippen LogP contribution in [0.15, 0.2) is 24.3 Å². The second-order valence-electron chi connectivity index (χ2n) is 7.47. The first-order chi connectivity index (χ1) is 12.3. The molecule has 3 nitrogen and oxygen atoms in total. The van der Waals surface area contributed by atoms with Crippen molar-refractivity contribution < 1.29 is 9.18 Å². The van der Waals surface area contributed by atoms with E-state index in [4.69, 9.17) is 5.73 Å². The number of benzene rings is 1. The molecule has 2 aromatic rings. The summed E-state index contributed by atoms with van der Waals surface area (Å²) < 4.78 is 16.1. The number of carbonyl (C=O) groups is 1. The van der Waals surface area contributed by atoms with Gasteiger partial charge in [-0.25, -0.2) is 4.39 Å². The van der Waals surface area contributed by atoms with Crippen LogP contribution in [0.1, 0.15) is 74.7 Å². The lowest BCUT2D eigenvalue weighted by atomic mass is 9.97. The lowest BCUT2D eigenvalue weighted by Gasteiger charge is -2.24. The van der Waals surface area contributed by atoms with Crippen LogP contribution in [0.5, 0.6) is 0 Å². The fourth-order valence-corrected chi connectivity index (χ4v) is 3.66. The van der Waals surface area contributed by atoms with E-state index in [0.29, 0.717) is 11.5 Å². The lowest BCUT2D eigenvalue weighted by molar-refractivity contribution is 0.1000. The molecule has 142 valence electrons. The normalized spacial score (nSPS) is 12.6. The van der Waals surface area contributed by atoms with Crippen molar-refractivity contribution in [3.05, 3.63) is 47.0 Å². The van der Waals surface area contributed by atoms with Gasteiger partial charge in [-0.05, 0) is 50.3 Å². The smallest absolute Gasteiger partial charge is 0.251 e. The second-order valence-corrected chi connectivity index (χ2v) is 7.47. The summed E-state index contributed by atoms with van der Waals surface area (Å²) in [5.41, 5.74) is 9.78. The van der Waals surface area contributed by atoms with E-state index in [9.17, 15) is 9.18 Å². The summed E-state index contributed by atoms with van der Waals surface area (Å²) in [4.78, 5) is 12.3. The van der Waals surface area contributed by atoms with E-state index >= 15 is 0 Å². The Kier molecular flexibility index (Phi) is 6.63. The molecule has 0 saturated carbocycles. The van der Waals surface area contributed by atoms with Crippen LogP contribution in [0.4, 0.5) is 4.39 Å². The van der Waals surface area contributed by atoms with Gasteiger partial charge in [0.05, 0.1) is 5.56 Å². The largest absolute Gasteiger partial charge is 0.366 e. The molecule has 0 aliphatic rings. The van der Waals surface area contributed by atoms with Gasteiger partial charge in [0, 0.05) is 23.0 Å². The molecule has 1 unspecified atom stereocenters. The quantitative estimate of drug-likeness (QED) is 0.609. The minimum Gasteiger partial charge on any atom is -0.366 e. The van der Waals surface area contributed by atoms with E-state index < -0.39 is 5.91 Å². The van der Waals surface area contributed by atoms with Crippen LogP contribution < -0.4 is 5.73 Å². The third-order valence-corrected chi connectivity index (χ3v) is 5.30. The van der Waals surface area contributed by atoms with Crippen LogP contribution >= 0.6 is 0 Å². The van der Waals surface area contributed by atoms with Crippen molar-refractivity contribution in [2.45, 2.75) is 66.3 Å². The zero-order valence-electron chi connectivity index (χ0n) is 16.6. The van der Waals surface area contributed by atoms with Crippen molar-refractivity contribution in [2.75, 3.05) is 0 Å². The van der Waals surface area contributed by atoms with Crippen LogP contribution in [-0.2, 0) is 6.42 Å². The molecule has 26 heavy (non-hydrogen) atoms. The molecule has 2 rings (SSSR count). The summed E-state index contributed by atoms with van der Waals surface area (Å²) in [6.07, 6.45) is 4.13. The van der Waals surface area contributed by atoms with E-state index in [1.54, 1.807) is 6.07 Å². The number of amides is 1. The Bertz CT molecular complexity index is 777. The summed E-state index contributed by atoms with van der Waals surface area (Å²) in [6.45, 7) is 10.6. The Labute approximate surface area is 156 Å². The predicted octanol–water partition coefficient (Wildman–Crippen LogP) is 5.65. The Morgan fingerprint density at radius 3 is 2.46 bits per heavy atom. The molecule has 0 aliphatic carbocycles. The number of unbranched alkanes of at least 4 members (excludes halogenated alkanes) is 2. The van der Waals surface area contributed by atoms with Crippen molar-refractivity contribution in [1.82, 2.24) is 4.57 Å². The molecule has 1 heterocycles. The van der Waals surface area contributed by atoms with Gasteiger partial charge in [0.2, 0.25) is 0 Å². The van der Waals surface area contributed by atoms with Gasteiger partial charge in [0.1, 0.15) is 5.82 Å². The van der Waals surface area contributed by atoms with Gasteiger partial charge in [-0.2, -0.15) is 0 Å². The van der Waals surface area contributed by atoms with E-state index in [1.807, 2.05) is 13.0 Å². The maximum Gasteiger partial charge on any atom is 0.251 e. The molecule has 0 spiro atoms. The fourth-order valence-electron chi connectivity index (χ4n) is 3.66. The maximum absolute atomic E-state index is 13.9. The average Bonchev–Trinajstić information content (AvgIpc) is 2.86. The monoisotopic (exact) mass is 358 g/mol. The number of aromatic nitrogens is 1. The summed E-state index contributed by atoms with van der Waals surface area (Å²) >= 11 is 0. The molecule has 4 heteroatoms. The third-order valence-electron chi connectivity index (χ3n) is 5.30. The zero-order valence-corrected chi connectivity index (χ0v) is 16.6. The van der Waals surface area contributed by atoms with Crippen LogP contribution in [-0.4, -0.2) is 10.5 Å². The molecule has 2 N–H and O–H groups in total. The van der Waals surface area contributed by atoms with Crippen LogP contribution in [0, 0.1) is 18.7 Å². The van der Waals surface area contributed by atoms with Gasteiger partial charge in [0.15, 0.2) is 0 Å². The van der Waals surface area contributed by atoms with Crippen molar-refractivity contribution >= 4 is 5.91 Å². The molecule has 1 aromatic carbocycles. The molecular weight excluding hydrogens is 327 g/mol. The predicted molar refractivity (Wildman–Crippen MR) is 106 cm³/mol. The Morgan fingerprint density at radius 2 is 1.92 bits per heavy atom. The fraction of sp³-hybridized carbons (Fsp3) is 0.500. The van der Waals surface area contributed by atoms with Gasteiger partial charge in [-0.1, -0.05) is 45.7 Å². The Morgan fingerprint density at radius 1 is 1.23 bits per heavy atom. The summed E-state index contributed by atoms with van der Waals surface area (Å²) in [5, 5.41) is 0. The van der Waals surface area contributed by atoms with Gasteiger partial charge < -0.3 is 10.3 Å². The van der Waals surface area contributed by atoms with Gasteiger partial charge in [-0.3, -0.25) is 4.79 Å². The van der Waals surface area contributed by atoms with Crippen LogP contribution in [0.3, 0.4) is 0 Å². The van der Waals surface area contributed by atoms with E-state index in [2.05, 4.69) is 32.3 Å². The molecular formula is C22H31FN2O. The average molecular weight is 359 g/mol. The number of hydrogen-bond acceptors (Lipinski definition) is 1. The lowest BCUT2D eigenvalue weighted by Crippen LogP contribution is -2.17. The summed E-state index contributed by atoms with van der Waals surface area (Å²) in [5.74, 6) is -0.347. The molecule has 0 bridgehead atoms. The minimum absolute atomic E-state index is 0.229. The van der Waals surface area contributed by atoms with Gasteiger partial charge in [-0.15, -0.1) is 0 Å². The number of hydrogen-bond donors (Lipinski definition) is 1. The first-order valence-corrected chi connectivity index (χ1v) is 9.58. The molecule has 0 aliphatic heterocycles. The SMILES string of the molecule is CCCCCc1c(-c2cccc(F)c2)c(C(N)=O)c(C)n1C(C)C(C)C. The zero-order chi connectivity index (χ0) is 19.4. The molecule has 1 amide bonds. The summed E-state index contributed by atoms with van der Waals surface area (Å²) in [7, 11) is 0. The number of primary amides is 1. The van der Waals surface area contributed by atoms with E-state index in [-0.39, 0.29) is 11.9 Å². The van der Waals surface area contributed by atoms with E-state index in [1.165, 1.54) is 12.1 Å². The Hall–Kier alpha value is -2.10. The van der Waals surface area contributed by atoms with Gasteiger partial charge in [0.25, 0.3) is 5.91 Å². The van der Waals surface area contributed by atoms with Crippen molar-refractivity contribution in [3.8, 4) is 11.1 Å². The van der Waals surface area contributed by atoms with Crippen molar-refractivity contribution in [2.24, 2.45) is 11.7 Å². The standard InChI is InChI=1S/C22H31FN2O/c1-6-7-8-12-19-21(17-10-9-11-18(23)13-17)20(22(24)26)16(5)25(19)15(4)14(2)3/h9-11,13-15H,6-8,12H2,1-5H3,(H2,24,26). The highest BCUT2D eigenvalue weighted by Gasteiger charge is 2.27. The highest BCUT2D eigenvalue weighted by Crippen LogP contribution is 2.37. The molecule has 0 fully saturated rings. The summed E-state index contributed by atoms with van der Waals surface area (Å²) in [6, 6.07) is 6.69. The van der Waals surface area contributed by atoms with Crippen molar-refractivity contribution in [3.63, 3.8) is 0 Å². The highest BCUT2D eigenvalue weighted by molar-refractivity contribution is 6.02. The number of nitrogens with two attached hydrogens (primary N) is 1. The molecule has 0 radical (unpaired) electrons. The van der Waals surface area contributed by atoms with Gasteiger partial charge >= 0.3 is 0 Å². The number of carbonyl (C=O) groups excluding carboxylic acids is 1. The first kappa shape index (κ1) is 20.2. The Balaban J connectivity index is 2.76. The third kappa shape index (κ3) is 4.00. The van der Waals surface area contributed by atoms with Crippen LogP contribution in [0.2, 0.25) is 0 Å². The minimum atomic E-state index is -0.451. The van der Waals surface area contributed by atoms with Crippen LogP contribution in [0.25, 0.3) is 11.1 Å². The first-order valence-electron chi connectivity index (χ1n) is 9.58. The highest BCUT2D eigenvalue weighted by atomic mass is 19.1. The van der Waals surface area contributed by atoms with E-state index in [0.717, 1.165) is 48.2 Å². The number of halogens is 1. The topological polar surface area (TPSA) is 48.0 Å². The maximum atomic E-state index is 13.9. The second kappa shape index (κ2) is 8.52. The van der Waals surface area contributed by atoms with Crippen molar-refractivity contribution in [1.29, 1.82) is 0 Å². The number of nitrogens with zero attached hydrogens (tertiary/aromatic N) is 1. The number of rotatable bonds is 8. The molecule has 1 atom stereocenters. The molecule has 0 saturated heterocycles.